The molecule has 2 aliphatic rings. The number of carbonyl (C=O) groups excluding carboxylic acids is 1. The highest BCUT2D eigenvalue weighted by molar-refractivity contribution is 7.99. The van der Waals surface area contributed by atoms with E-state index in [0.717, 1.165) is 61.0 Å². The van der Waals surface area contributed by atoms with Gasteiger partial charge in [0.25, 0.3) is 0 Å². The van der Waals surface area contributed by atoms with E-state index in [4.69, 9.17) is 0 Å². The largest absolute Gasteiger partial charge is 0.416 e. The Hall–Kier alpha value is -1.99. The number of anilines is 1. The van der Waals surface area contributed by atoms with Crippen LogP contribution in [0.25, 0.3) is 0 Å². The molecule has 0 radical (unpaired) electrons. The molecule has 2 heterocycles. The van der Waals surface area contributed by atoms with Gasteiger partial charge in [0.15, 0.2) is 0 Å². The molecule has 1 fully saturated rings. The SMILES string of the molecule is CCCN1CCC(C(=O)Nc2cc(C(F)(F)F)cc3c2Cc2ccccc2S3)CC1. The average Bonchev–Trinajstić information content (AvgIpc) is 2.72. The first-order chi connectivity index (χ1) is 14.3. The monoisotopic (exact) mass is 434 g/mol. The minimum Gasteiger partial charge on any atom is -0.326 e. The van der Waals surface area contributed by atoms with Crippen LogP contribution in [0.4, 0.5) is 18.9 Å². The van der Waals surface area contributed by atoms with E-state index in [1.807, 2.05) is 24.3 Å². The highest BCUT2D eigenvalue weighted by atomic mass is 32.2. The van der Waals surface area contributed by atoms with Crippen molar-refractivity contribution in [1.29, 1.82) is 0 Å². The fraction of sp³-hybridized carbons (Fsp3) is 0.435. The first kappa shape index (κ1) is 21.2. The lowest BCUT2D eigenvalue weighted by Crippen LogP contribution is -2.38. The lowest BCUT2D eigenvalue weighted by molar-refractivity contribution is -0.137. The molecule has 0 spiro atoms. The van der Waals surface area contributed by atoms with Crippen LogP contribution in [0, 0.1) is 5.92 Å². The number of halogens is 3. The molecule has 3 nitrogen and oxygen atoms in total. The van der Waals surface area contributed by atoms with E-state index >= 15 is 0 Å². The fourth-order valence-corrected chi connectivity index (χ4v) is 5.37. The lowest BCUT2D eigenvalue weighted by atomic mass is 9.95. The Labute approximate surface area is 179 Å². The fourth-order valence-electron chi connectivity index (χ4n) is 4.22. The van der Waals surface area contributed by atoms with E-state index in [-0.39, 0.29) is 11.8 Å². The van der Waals surface area contributed by atoms with Gasteiger partial charge in [-0.2, -0.15) is 13.2 Å². The van der Waals surface area contributed by atoms with Crippen LogP contribution in [0.2, 0.25) is 0 Å². The molecule has 0 bridgehead atoms. The van der Waals surface area contributed by atoms with Gasteiger partial charge in [-0.1, -0.05) is 36.9 Å². The first-order valence-electron chi connectivity index (χ1n) is 10.4. The molecule has 7 heteroatoms. The molecule has 2 aliphatic heterocycles. The molecule has 0 atom stereocenters. The number of fused-ring (bicyclic) bond motifs is 2. The Balaban J connectivity index is 1.59. The van der Waals surface area contributed by atoms with E-state index < -0.39 is 11.7 Å². The van der Waals surface area contributed by atoms with Crippen LogP contribution in [-0.4, -0.2) is 30.4 Å². The zero-order valence-corrected chi connectivity index (χ0v) is 17.7. The Morgan fingerprint density at radius 3 is 2.60 bits per heavy atom. The molecule has 2 aromatic carbocycles. The number of hydrogen-bond acceptors (Lipinski definition) is 3. The van der Waals surface area contributed by atoms with Crippen LogP contribution in [-0.2, 0) is 17.4 Å². The first-order valence-corrected chi connectivity index (χ1v) is 11.2. The molecule has 4 rings (SSSR count). The van der Waals surface area contributed by atoms with Gasteiger partial charge >= 0.3 is 6.18 Å². The van der Waals surface area contributed by atoms with Gasteiger partial charge in [0.05, 0.1) is 5.56 Å². The van der Waals surface area contributed by atoms with Crippen LogP contribution in [0.3, 0.4) is 0 Å². The Bertz CT molecular complexity index is 937. The Kier molecular flexibility index (Phi) is 6.11. The lowest BCUT2D eigenvalue weighted by Gasteiger charge is -2.31. The van der Waals surface area contributed by atoms with Gasteiger partial charge in [-0.25, -0.2) is 0 Å². The second kappa shape index (κ2) is 8.63. The van der Waals surface area contributed by atoms with Gasteiger partial charge in [0.1, 0.15) is 0 Å². The number of likely N-dealkylation sites (tertiary alicyclic amines) is 1. The minimum absolute atomic E-state index is 0.160. The number of amides is 1. The summed E-state index contributed by atoms with van der Waals surface area (Å²) in [5.41, 5.74) is 1.41. The number of piperidine rings is 1. The summed E-state index contributed by atoms with van der Waals surface area (Å²) in [6.07, 6.45) is -1.39. The molecular weight excluding hydrogens is 409 g/mol. The van der Waals surface area contributed by atoms with E-state index in [1.165, 1.54) is 17.8 Å². The maximum absolute atomic E-state index is 13.5. The molecule has 160 valence electrons. The van der Waals surface area contributed by atoms with E-state index in [9.17, 15) is 18.0 Å². The van der Waals surface area contributed by atoms with Gasteiger partial charge < -0.3 is 10.2 Å². The third kappa shape index (κ3) is 4.52. The van der Waals surface area contributed by atoms with Crippen LogP contribution >= 0.6 is 11.8 Å². The van der Waals surface area contributed by atoms with Crippen molar-refractivity contribution in [3.05, 3.63) is 53.1 Å². The number of hydrogen-bond donors (Lipinski definition) is 1. The van der Waals surface area contributed by atoms with Crippen molar-refractivity contribution >= 4 is 23.4 Å². The van der Waals surface area contributed by atoms with Gasteiger partial charge in [-0.15, -0.1) is 0 Å². The maximum Gasteiger partial charge on any atom is 0.416 e. The normalized spacial score (nSPS) is 17.3. The molecular formula is C23H25F3N2OS. The molecule has 1 amide bonds. The summed E-state index contributed by atoms with van der Waals surface area (Å²) in [5.74, 6) is -0.330. The topological polar surface area (TPSA) is 32.3 Å². The second-order valence-electron chi connectivity index (χ2n) is 7.99. The molecule has 2 aromatic rings. The summed E-state index contributed by atoms with van der Waals surface area (Å²) in [6.45, 7) is 4.86. The van der Waals surface area contributed by atoms with Crippen LogP contribution in [0.15, 0.2) is 46.2 Å². The minimum atomic E-state index is -4.46. The van der Waals surface area contributed by atoms with Crippen molar-refractivity contribution in [2.75, 3.05) is 25.0 Å². The van der Waals surface area contributed by atoms with Gasteiger partial charge in [-0.3, -0.25) is 4.79 Å². The van der Waals surface area contributed by atoms with E-state index in [1.54, 1.807) is 0 Å². The number of nitrogens with zero attached hydrogens (tertiary/aromatic N) is 1. The Morgan fingerprint density at radius 1 is 1.17 bits per heavy atom. The molecule has 0 aliphatic carbocycles. The molecule has 30 heavy (non-hydrogen) atoms. The predicted octanol–water partition coefficient (Wildman–Crippen LogP) is 5.82. The molecule has 1 saturated heterocycles. The zero-order chi connectivity index (χ0) is 21.3. The zero-order valence-electron chi connectivity index (χ0n) is 16.9. The summed E-state index contributed by atoms with van der Waals surface area (Å²) in [4.78, 5) is 16.8. The van der Waals surface area contributed by atoms with Crippen LogP contribution in [0.1, 0.15) is 42.9 Å². The molecule has 0 saturated carbocycles. The predicted molar refractivity (Wildman–Crippen MR) is 113 cm³/mol. The van der Waals surface area contributed by atoms with Crippen molar-refractivity contribution in [1.82, 2.24) is 4.90 Å². The number of benzene rings is 2. The maximum atomic E-state index is 13.5. The highest BCUT2D eigenvalue weighted by Crippen LogP contribution is 2.45. The summed E-state index contributed by atoms with van der Waals surface area (Å²) in [5, 5.41) is 2.86. The third-order valence-corrected chi connectivity index (χ3v) is 7.05. The van der Waals surface area contributed by atoms with E-state index in [2.05, 4.69) is 17.1 Å². The summed E-state index contributed by atoms with van der Waals surface area (Å²) in [7, 11) is 0. The third-order valence-electron chi connectivity index (χ3n) is 5.85. The number of rotatable bonds is 4. The number of carbonyl (C=O) groups is 1. The standard InChI is InChI=1S/C23H25F3N2OS/c1-2-9-28-10-7-15(8-11-28)22(29)27-19-13-17(23(24,25)26)14-21-18(19)12-16-5-3-4-6-20(16)30-21/h3-6,13-15H,2,7-12H2,1H3,(H,27,29). The van der Waals surface area contributed by atoms with Gasteiger partial charge in [0.2, 0.25) is 5.91 Å². The van der Waals surface area contributed by atoms with Gasteiger partial charge in [-0.05, 0) is 68.2 Å². The molecule has 0 unspecified atom stereocenters. The summed E-state index contributed by atoms with van der Waals surface area (Å²) in [6, 6.07) is 10.0. The smallest absolute Gasteiger partial charge is 0.326 e. The summed E-state index contributed by atoms with van der Waals surface area (Å²) >= 11 is 1.34. The van der Waals surface area contributed by atoms with Crippen molar-refractivity contribution in [3.8, 4) is 0 Å². The van der Waals surface area contributed by atoms with Crippen LogP contribution in [0.5, 0.6) is 0 Å². The van der Waals surface area contributed by atoms with Gasteiger partial charge in [0, 0.05) is 27.8 Å². The second-order valence-corrected chi connectivity index (χ2v) is 9.07. The molecule has 1 N–H and O–H groups in total. The van der Waals surface area contributed by atoms with Crippen molar-refractivity contribution in [3.63, 3.8) is 0 Å². The number of alkyl halides is 3. The van der Waals surface area contributed by atoms with Crippen LogP contribution < -0.4 is 5.32 Å². The summed E-state index contributed by atoms with van der Waals surface area (Å²) < 4.78 is 40.5. The Morgan fingerprint density at radius 2 is 1.90 bits per heavy atom. The quantitative estimate of drug-likeness (QED) is 0.561. The number of nitrogens with one attached hydrogen (secondary N) is 1. The van der Waals surface area contributed by atoms with E-state index in [0.29, 0.717) is 17.0 Å². The van der Waals surface area contributed by atoms with Crippen molar-refractivity contribution in [2.24, 2.45) is 5.92 Å². The highest BCUT2D eigenvalue weighted by Gasteiger charge is 2.34. The molecule has 0 aromatic heterocycles. The van der Waals surface area contributed by atoms with Crippen molar-refractivity contribution in [2.45, 2.75) is 48.6 Å². The van der Waals surface area contributed by atoms with Crippen molar-refractivity contribution < 1.29 is 18.0 Å². The average molecular weight is 435 g/mol.